The van der Waals surface area contributed by atoms with Crippen LogP contribution in [0.3, 0.4) is 0 Å². The molecule has 1 aliphatic heterocycles. The van der Waals surface area contributed by atoms with Gasteiger partial charge in [-0.15, -0.1) is 11.3 Å². The first-order chi connectivity index (χ1) is 17.3. The largest absolute Gasteiger partial charge is 0.444 e. The first kappa shape index (κ1) is 24.3. The highest BCUT2D eigenvalue weighted by Crippen LogP contribution is 2.43. The molecule has 9 heteroatoms. The van der Waals surface area contributed by atoms with Crippen LogP contribution >= 0.6 is 11.3 Å². The smallest absolute Gasteiger partial charge is 0.410 e. The number of aromatic nitrogens is 2. The van der Waals surface area contributed by atoms with E-state index in [1.165, 1.54) is 18.4 Å². The number of carbonyl (C=O) groups is 1. The first-order valence-electron chi connectivity index (χ1n) is 12.6. The Bertz CT molecular complexity index is 1280. The van der Waals surface area contributed by atoms with Crippen LogP contribution in [0, 0.1) is 11.3 Å². The SMILES string of the molecule is CC(C)(C)OC(=O)N1CCN(c2ccc(Nc3cc4c(C5CCCC5)c(C#N)sc4cn3)nc2)CC1. The van der Waals surface area contributed by atoms with Crippen LogP contribution in [0.5, 0.6) is 0 Å². The predicted molar refractivity (Wildman–Crippen MR) is 143 cm³/mol. The molecule has 36 heavy (non-hydrogen) atoms. The molecule has 4 heterocycles. The Hall–Kier alpha value is -3.38. The Morgan fingerprint density at radius 2 is 1.83 bits per heavy atom. The second-order valence-corrected chi connectivity index (χ2v) is 11.5. The van der Waals surface area contributed by atoms with Crippen molar-refractivity contribution in [2.45, 2.75) is 58.0 Å². The first-order valence-corrected chi connectivity index (χ1v) is 13.4. The number of rotatable bonds is 4. The number of nitriles is 1. The number of hydrogen-bond donors (Lipinski definition) is 1. The van der Waals surface area contributed by atoms with Crippen molar-refractivity contribution < 1.29 is 9.53 Å². The van der Waals surface area contributed by atoms with Crippen molar-refractivity contribution in [1.82, 2.24) is 14.9 Å². The van der Waals surface area contributed by atoms with Crippen molar-refractivity contribution in [3.8, 4) is 6.07 Å². The molecule has 0 spiro atoms. The summed E-state index contributed by atoms with van der Waals surface area (Å²) in [5.41, 5.74) is 1.74. The van der Waals surface area contributed by atoms with E-state index in [1.54, 1.807) is 16.2 Å². The van der Waals surface area contributed by atoms with Crippen LogP contribution in [0.2, 0.25) is 0 Å². The van der Waals surface area contributed by atoms with Crippen molar-refractivity contribution in [3.05, 3.63) is 41.0 Å². The summed E-state index contributed by atoms with van der Waals surface area (Å²) in [7, 11) is 0. The van der Waals surface area contributed by atoms with Gasteiger partial charge in [0.2, 0.25) is 0 Å². The summed E-state index contributed by atoms with van der Waals surface area (Å²) in [5.74, 6) is 1.92. The van der Waals surface area contributed by atoms with Gasteiger partial charge in [0, 0.05) is 37.8 Å². The predicted octanol–water partition coefficient (Wildman–Crippen LogP) is 6.02. The fourth-order valence-electron chi connectivity index (χ4n) is 5.05. The fraction of sp³-hybridized carbons (Fsp3) is 0.481. The second-order valence-electron chi connectivity index (χ2n) is 10.5. The van der Waals surface area contributed by atoms with E-state index in [0.717, 1.165) is 58.2 Å². The molecule has 1 saturated heterocycles. The van der Waals surface area contributed by atoms with Crippen LogP contribution in [0.15, 0.2) is 30.6 Å². The fourth-order valence-corrected chi connectivity index (χ4v) is 6.08. The number of hydrogen-bond acceptors (Lipinski definition) is 8. The number of ether oxygens (including phenoxy) is 1. The third-order valence-electron chi connectivity index (χ3n) is 6.78. The number of nitrogens with one attached hydrogen (secondary N) is 1. The Kier molecular flexibility index (Phi) is 6.71. The van der Waals surface area contributed by atoms with Gasteiger partial charge in [0.15, 0.2) is 0 Å². The lowest BCUT2D eigenvalue weighted by molar-refractivity contribution is 0.0240. The van der Waals surface area contributed by atoms with Crippen molar-refractivity contribution in [1.29, 1.82) is 5.26 Å². The standard InChI is InChI=1S/C27H32N6O2S/c1-27(2,3)35-26(34)33-12-10-32(11-13-33)19-8-9-23(29-16-19)31-24-14-20-22(17-30-24)36-21(15-28)25(20)18-6-4-5-7-18/h8-9,14,16-18H,4-7,10-13H2,1-3H3,(H,29,30,31). The summed E-state index contributed by atoms with van der Waals surface area (Å²) in [4.78, 5) is 26.3. The number of fused-ring (bicyclic) bond motifs is 1. The molecule has 188 valence electrons. The summed E-state index contributed by atoms with van der Waals surface area (Å²) in [6, 6.07) is 8.47. The Balaban J connectivity index is 1.25. The highest BCUT2D eigenvalue weighted by atomic mass is 32.1. The molecule has 2 fully saturated rings. The molecule has 1 N–H and O–H groups in total. The molecule has 3 aromatic rings. The van der Waals surface area contributed by atoms with Gasteiger partial charge in [-0.05, 0) is 63.3 Å². The van der Waals surface area contributed by atoms with Crippen molar-refractivity contribution >= 4 is 44.8 Å². The topological polar surface area (TPSA) is 94.4 Å². The normalized spacial score (nSPS) is 16.8. The van der Waals surface area contributed by atoms with Gasteiger partial charge in [0.1, 0.15) is 28.2 Å². The molecule has 0 bridgehead atoms. The molecule has 1 saturated carbocycles. The molecule has 2 aliphatic rings. The molecular weight excluding hydrogens is 472 g/mol. The number of piperazine rings is 1. The molecule has 0 unspecified atom stereocenters. The van der Waals surface area contributed by atoms with Crippen LogP contribution in [0.1, 0.15) is 62.8 Å². The van der Waals surface area contributed by atoms with Gasteiger partial charge in [-0.2, -0.15) is 5.26 Å². The Morgan fingerprint density at radius 3 is 2.47 bits per heavy atom. The summed E-state index contributed by atoms with van der Waals surface area (Å²) in [6.07, 6.45) is 8.23. The van der Waals surface area contributed by atoms with Gasteiger partial charge in [-0.3, -0.25) is 0 Å². The highest BCUT2D eigenvalue weighted by molar-refractivity contribution is 7.19. The number of pyridine rings is 2. The van der Waals surface area contributed by atoms with Crippen molar-refractivity contribution in [3.63, 3.8) is 0 Å². The third kappa shape index (κ3) is 5.24. The minimum Gasteiger partial charge on any atom is -0.444 e. The minimum absolute atomic E-state index is 0.257. The maximum atomic E-state index is 12.3. The molecule has 0 radical (unpaired) electrons. The number of thiophene rings is 1. The molecule has 8 nitrogen and oxygen atoms in total. The highest BCUT2D eigenvalue weighted by Gasteiger charge is 2.27. The van der Waals surface area contributed by atoms with Gasteiger partial charge in [0.25, 0.3) is 0 Å². The van der Waals surface area contributed by atoms with Crippen LogP contribution in [0.25, 0.3) is 10.1 Å². The number of amides is 1. The van der Waals surface area contributed by atoms with Crippen molar-refractivity contribution in [2.75, 3.05) is 36.4 Å². The molecule has 1 amide bonds. The third-order valence-corrected chi connectivity index (χ3v) is 7.84. The van der Waals surface area contributed by atoms with E-state index in [2.05, 4.69) is 32.3 Å². The molecule has 0 atom stereocenters. The molecule has 5 rings (SSSR count). The average molecular weight is 505 g/mol. The zero-order chi connectivity index (χ0) is 25.3. The van der Waals surface area contributed by atoms with E-state index in [4.69, 9.17) is 4.74 Å². The van der Waals surface area contributed by atoms with Crippen molar-refractivity contribution in [2.24, 2.45) is 0 Å². The lowest BCUT2D eigenvalue weighted by Gasteiger charge is -2.36. The molecular formula is C27H32N6O2S. The van der Waals surface area contributed by atoms with E-state index in [0.29, 0.717) is 19.0 Å². The van der Waals surface area contributed by atoms with Gasteiger partial charge in [0.05, 0.1) is 16.6 Å². The summed E-state index contributed by atoms with van der Waals surface area (Å²) in [6.45, 7) is 8.35. The second kappa shape index (κ2) is 9.94. The summed E-state index contributed by atoms with van der Waals surface area (Å²) < 4.78 is 6.55. The number of carbonyl (C=O) groups excluding carboxylic acids is 1. The number of nitrogens with zero attached hydrogens (tertiary/aromatic N) is 5. The molecule has 0 aromatic carbocycles. The molecule has 3 aromatic heterocycles. The van der Waals surface area contributed by atoms with E-state index in [1.807, 2.05) is 45.3 Å². The molecule has 1 aliphatic carbocycles. The van der Waals surface area contributed by atoms with Gasteiger partial charge in [-0.25, -0.2) is 14.8 Å². The van der Waals surface area contributed by atoms with Crippen LogP contribution < -0.4 is 10.2 Å². The maximum Gasteiger partial charge on any atom is 0.410 e. The van der Waals surface area contributed by atoms with Crippen LogP contribution in [0.4, 0.5) is 22.1 Å². The lowest BCUT2D eigenvalue weighted by atomic mass is 9.95. The van der Waals surface area contributed by atoms with Gasteiger partial charge < -0.3 is 19.9 Å². The maximum absolute atomic E-state index is 12.3. The van der Waals surface area contributed by atoms with Crippen LogP contribution in [-0.2, 0) is 4.74 Å². The monoisotopic (exact) mass is 504 g/mol. The van der Waals surface area contributed by atoms with Crippen LogP contribution in [-0.4, -0.2) is 52.7 Å². The van der Waals surface area contributed by atoms with Gasteiger partial charge in [-0.1, -0.05) is 12.8 Å². The lowest BCUT2D eigenvalue weighted by Crippen LogP contribution is -2.50. The van der Waals surface area contributed by atoms with E-state index in [9.17, 15) is 10.1 Å². The quantitative estimate of drug-likeness (QED) is 0.464. The van der Waals surface area contributed by atoms with E-state index in [-0.39, 0.29) is 6.09 Å². The summed E-state index contributed by atoms with van der Waals surface area (Å²) >= 11 is 1.54. The zero-order valence-corrected chi connectivity index (χ0v) is 21.9. The number of anilines is 3. The van der Waals surface area contributed by atoms with E-state index < -0.39 is 5.60 Å². The van der Waals surface area contributed by atoms with E-state index >= 15 is 0 Å². The Morgan fingerprint density at radius 1 is 1.11 bits per heavy atom. The zero-order valence-electron chi connectivity index (χ0n) is 21.1. The summed E-state index contributed by atoms with van der Waals surface area (Å²) in [5, 5.41) is 14.2. The minimum atomic E-state index is -0.486. The Labute approximate surface area is 215 Å². The van der Waals surface area contributed by atoms with Gasteiger partial charge >= 0.3 is 6.09 Å². The average Bonchev–Trinajstić information content (AvgIpc) is 3.51.